The van der Waals surface area contributed by atoms with E-state index in [1.807, 2.05) is 6.92 Å². The summed E-state index contributed by atoms with van der Waals surface area (Å²) < 4.78 is 23.1. The lowest BCUT2D eigenvalue weighted by atomic mass is 10.2. The Bertz CT molecular complexity index is 746. The van der Waals surface area contributed by atoms with E-state index in [4.69, 9.17) is 4.74 Å². The highest BCUT2D eigenvalue weighted by Gasteiger charge is 2.25. The first kappa shape index (κ1) is 17.7. The third-order valence-electron chi connectivity index (χ3n) is 2.72. The fourth-order valence-corrected chi connectivity index (χ4v) is 2.43. The maximum absolute atomic E-state index is 13.3. The van der Waals surface area contributed by atoms with Gasteiger partial charge in [0, 0.05) is 11.6 Å². The highest BCUT2D eigenvalue weighted by Crippen LogP contribution is 2.23. The monoisotopic (exact) mass is 351 g/mol. The number of amides is 1. The maximum atomic E-state index is 13.3. The molecule has 24 heavy (non-hydrogen) atoms. The molecule has 9 heteroatoms. The number of thioether (sulfide) groups is 1. The van der Waals surface area contributed by atoms with Gasteiger partial charge in [0.1, 0.15) is 11.6 Å². The highest BCUT2D eigenvalue weighted by molar-refractivity contribution is 8.18. The molecule has 0 aliphatic carbocycles. The Balaban J connectivity index is 2.13. The van der Waals surface area contributed by atoms with Crippen LogP contribution in [-0.4, -0.2) is 37.0 Å². The van der Waals surface area contributed by atoms with E-state index in [0.29, 0.717) is 17.9 Å². The van der Waals surface area contributed by atoms with Gasteiger partial charge in [0.25, 0.3) is 5.91 Å². The first-order valence-corrected chi connectivity index (χ1v) is 7.67. The summed E-state index contributed by atoms with van der Waals surface area (Å²) in [6.07, 6.45) is 2.38. The van der Waals surface area contributed by atoms with E-state index in [1.165, 1.54) is 31.5 Å². The van der Waals surface area contributed by atoms with E-state index >= 15 is 0 Å². The smallest absolute Gasteiger partial charge is 0.331 e. The average molecular weight is 351 g/mol. The fraction of sp³-hybridized carbons (Fsp3) is 0.200. The van der Waals surface area contributed by atoms with Gasteiger partial charge < -0.3 is 9.47 Å². The zero-order chi connectivity index (χ0) is 17.5. The molecular formula is C15H14FN3O4S. The molecule has 0 bridgehead atoms. The van der Waals surface area contributed by atoms with Crippen LogP contribution in [0.1, 0.15) is 12.5 Å². The quantitative estimate of drug-likeness (QED) is 0.378. The normalized spacial score (nSPS) is 17.5. The molecule has 1 aromatic carbocycles. The predicted octanol–water partition coefficient (Wildman–Crippen LogP) is 1.83. The van der Waals surface area contributed by atoms with Crippen molar-refractivity contribution in [3.05, 3.63) is 40.6 Å². The van der Waals surface area contributed by atoms with E-state index in [2.05, 4.69) is 20.3 Å². The van der Waals surface area contributed by atoms with Gasteiger partial charge in [-0.25, -0.2) is 9.18 Å². The summed E-state index contributed by atoms with van der Waals surface area (Å²) in [5.41, 5.74) is 0.417. The number of rotatable bonds is 5. The fourth-order valence-electron chi connectivity index (χ4n) is 1.69. The number of hydrogen-bond donors (Lipinski definition) is 1. The van der Waals surface area contributed by atoms with Crippen LogP contribution in [0.2, 0.25) is 0 Å². The number of carbonyl (C=O) groups is 2. The van der Waals surface area contributed by atoms with E-state index in [-0.39, 0.29) is 10.1 Å². The van der Waals surface area contributed by atoms with Gasteiger partial charge in [-0.3, -0.25) is 10.1 Å². The largest absolute Gasteiger partial charge is 0.493 e. The Morgan fingerprint density at radius 1 is 1.46 bits per heavy atom. The minimum Gasteiger partial charge on any atom is -0.493 e. The molecule has 1 N–H and O–H groups in total. The summed E-state index contributed by atoms with van der Waals surface area (Å²) in [5.74, 6) is -1.07. The van der Waals surface area contributed by atoms with Crippen LogP contribution in [0.4, 0.5) is 4.39 Å². The summed E-state index contributed by atoms with van der Waals surface area (Å²) in [6, 6.07) is 4.04. The number of esters is 1. The van der Waals surface area contributed by atoms with Crippen molar-refractivity contribution in [3.63, 3.8) is 0 Å². The number of halogens is 1. The molecule has 7 nitrogen and oxygen atoms in total. The number of nitrogens with zero attached hydrogens (tertiary/aromatic N) is 2. The van der Waals surface area contributed by atoms with Gasteiger partial charge in [0.05, 0.1) is 24.8 Å². The number of nitrogens with one attached hydrogen (secondary N) is 1. The molecule has 1 aliphatic heterocycles. The van der Waals surface area contributed by atoms with E-state index in [1.54, 1.807) is 0 Å². The molecule has 1 aromatic rings. The Hall–Kier alpha value is -2.68. The van der Waals surface area contributed by atoms with Crippen molar-refractivity contribution in [2.45, 2.75) is 6.92 Å². The lowest BCUT2D eigenvalue weighted by Gasteiger charge is -2.05. The maximum Gasteiger partial charge on any atom is 0.331 e. The van der Waals surface area contributed by atoms with Crippen molar-refractivity contribution >= 4 is 35.0 Å². The number of ether oxygens (including phenoxy) is 2. The summed E-state index contributed by atoms with van der Waals surface area (Å²) in [4.78, 5) is 22.9. The van der Waals surface area contributed by atoms with Crippen LogP contribution in [-0.2, 0) is 14.3 Å². The van der Waals surface area contributed by atoms with Crippen molar-refractivity contribution in [1.29, 1.82) is 0 Å². The van der Waals surface area contributed by atoms with Gasteiger partial charge in [-0.05, 0) is 36.9 Å². The number of hydrogen-bond acceptors (Lipinski definition) is 7. The Morgan fingerprint density at radius 3 is 2.96 bits per heavy atom. The molecule has 0 radical (unpaired) electrons. The zero-order valence-electron chi connectivity index (χ0n) is 12.9. The minimum absolute atomic E-state index is 0.150. The second-order valence-electron chi connectivity index (χ2n) is 4.35. The van der Waals surface area contributed by atoms with Crippen LogP contribution < -0.4 is 10.1 Å². The third-order valence-corrected chi connectivity index (χ3v) is 3.62. The molecule has 1 heterocycles. The predicted molar refractivity (Wildman–Crippen MR) is 88.4 cm³/mol. The third kappa shape index (κ3) is 4.66. The summed E-state index contributed by atoms with van der Waals surface area (Å²) in [5, 5.41) is 10.3. The lowest BCUT2D eigenvalue weighted by molar-refractivity contribution is -0.135. The SMILES string of the molecule is CCOc1ccc(F)cc1C=N/N=C1/NC(=O)/C(=C\C(=O)OC)S1. The number of benzene rings is 1. The standard InChI is InChI=1S/C15H14FN3O4S/c1-3-23-11-5-4-10(16)6-9(11)8-17-19-15-18-14(21)12(24-15)7-13(20)22-2/h4-8H,3H2,1-2H3,(H,18,19,21)/b12-7+,17-8?. The number of methoxy groups -OCH3 is 1. The van der Waals surface area contributed by atoms with Crippen LogP contribution in [0.5, 0.6) is 5.75 Å². The van der Waals surface area contributed by atoms with Crippen molar-refractivity contribution in [2.24, 2.45) is 10.2 Å². The van der Waals surface area contributed by atoms with E-state index in [9.17, 15) is 14.0 Å². The van der Waals surface area contributed by atoms with Gasteiger partial charge in [0.2, 0.25) is 0 Å². The van der Waals surface area contributed by atoms with E-state index < -0.39 is 17.7 Å². The Kier molecular flexibility index (Phi) is 6.07. The molecule has 1 aliphatic rings. The van der Waals surface area contributed by atoms with Crippen LogP contribution >= 0.6 is 11.8 Å². The first-order valence-electron chi connectivity index (χ1n) is 6.85. The molecule has 1 saturated heterocycles. The second kappa shape index (κ2) is 8.25. The van der Waals surface area contributed by atoms with Gasteiger partial charge in [-0.15, -0.1) is 5.10 Å². The Labute approximate surface area is 141 Å². The van der Waals surface area contributed by atoms with Crippen LogP contribution in [0.15, 0.2) is 39.4 Å². The van der Waals surface area contributed by atoms with Crippen LogP contribution in [0, 0.1) is 5.82 Å². The number of amidine groups is 1. The zero-order valence-corrected chi connectivity index (χ0v) is 13.7. The molecule has 0 aromatic heterocycles. The van der Waals surface area contributed by atoms with Gasteiger partial charge in [0.15, 0.2) is 5.17 Å². The van der Waals surface area contributed by atoms with Crippen molar-refractivity contribution < 1.29 is 23.5 Å². The molecule has 1 amide bonds. The van der Waals surface area contributed by atoms with Gasteiger partial charge in [-0.2, -0.15) is 5.10 Å². The lowest BCUT2D eigenvalue weighted by Crippen LogP contribution is -2.19. The van der Waals surface area contributed by atoms with Crippen LogP contribution in [0.3, 0.4) is 0 Å². The summed E-state index contributed by atoms with van der Waals surface area (Å²) in [7, 11) is 1.21. The molecule has 0 saturated carbocycles. The highest BCUT2D eigenvalue weighted by atomic mass is 32.2. The van der Waals surface area contributed by atoms with Crippen LogP contribution in [0.25, 0.3) is 0 Å². The number of carbonyl (C=O) groups excluding carboxylic acids is 2. The summed E-state index contributed by atoms with van der Waals surface area (Å²) >= 11 is 0.946. The van der Waals surface area contributed by atoms with Gasteiger partial charge >= 0.3 is 5.97 Å². The van der Waals surface area contributed by atoms with Crippen molar-refractivity contribution in [2.75, 3.05) is 13.7 Å². The Morgan fingerprint density at radius 2 is 2.25 bits per heavy atom. The van der Waals surface area contributed by atoms with Crippen molar-refractivity contribution in [1.82, 2.24) is 5.32 Å². The van der Waals surface area contributed by atoms with Gasteiger partial charge in [-0.1, -0.05) is 0 Å². The first-order chi connectivity index (χ1) is 11.5. The molecule has 0 unspecified atom stereocenters. The topological polar surface area (TPSA) is 89.4 Å². The molecule has 126 valence electrons. The summed E-state index contributed by atoms with van der Waals surface area (Å²) in [6.45, 7) is 2.24. The second-order valence-corrected chi connectivity index (χ2v) is 5.38. The molecule has 0 atom stereocenters. The molecule has 1 fully saturated rings. The molecule has 0 spiro atoms. The molecule has 2 rings (SSSR count). The minimum atomic E-state index is -0.640. The van der Waals surface area contributed by atoms with E-state index in [0.717, 1.165) is 17.8 Å². The van der Waals surface area contributed by atoms with Crippen molar-refractivity contribution in [3.8, 4) is 5.75 Å². The average Bonchev–Trinajstić information content (AvgIpc) is 2.89. The molecular weight excluding hydrogens is 337 g/mol.